The van der Waals surface area contributed by atoms with Crippen LogP contribution in [0.3, 0.4) is 0 Å². The molecule has 2 aromatic heterocycles. The van der Waals surface area contributed by atoms with Crippen LogP contribution in [0.1, 0.15) is 30.4 Å². The minimum atomic E-state index is -0.940. The lowest BCUT2D eigenvalue weighted by Gasteiger charge is -2.30. The lowest BCUT2D eigenvalue weighted by atomic mass is 9.99. The Kier molecular flexibility index (Phi) is 6.20. The highest BCUT2D eigenvalue weighted by molar-refractivity contribution is 6.10. The second kappa shape index (κ2) is 9.08. The van der Waals surface area contributed by atoms with Gasteiger partial charge in [-0.2, -0.15) is 0 Å². The average Bonchev–Trinajstić information content (AvgIpc) is 3.18. The molecule has 1 unspecified atom stereocenters. The van der Waals surface area contributed by atoms with E-state index in [0.29, 0.717) is 5.92 Å². The van der Waals surface area contributed by atoms with Gasteiger partial charge in [-0.1, -0.05) is 32.0 Å². The number of aromatic carboxylic acids is 1. The molecule has 0 aliphatic heterocycles. The van der Waals surface area contributed by atoms with Gasteiger partial charge in [0.2, 0.25) is 0 Å². The van der Waals surface area contributed by atoms with Gasteiger partial charge in [-0.25, -0.2) is 4.79 Å². The summed E-state index contributed by atoms with van der Waals surface area (Å²) < 4.78 is 7.45. The number of ether oxygens (including phenoxy) is 1. The number of carbonyl (C=O) groups is 1. The smallest absolute Gasteiger partial charge is 0.336 e. The fraction of sp³-hybridized carbons (Fsp3) is 0.259. The zero-order valence-electron chi connectivity index (χ0n) is 19.6. The van der Waals surface area contributed by atoms with Crippen molar-refractivity contribution in [1.29, 1.82) is 0 Å². The van der Waals surface area contributed by atoms with Crippen molar-refractivity contribution >= 4 is 16.9 Å². The molecule has 1 atom stereocenters. The van der Waals surface area contributed by atoms with E-state index >= 15 is 0 Å². The van der Waals surface area contributed by atoms with Gasteiger partial charge in [0.15, 0.2) is 0 Å². The number of aromatic nitrogens is 2. The van der Waals surface area contributed by atoms with Gasteiger partial charge in [0, 0.05) is 40.7 Å². The van der Waals surface area contributed by atoms with Crippen molar-refractivity contribution in [3.63, 3.8) is 0 Å². The largest absolute Gasteiger partial charge is 0.497 e. The third kappa shape index (κ3) is 4.22. The third-order valence-electron chi connectivity index (χ3n) is 5.97. The number of benzene rings is 2. The Bertz CT molecular complexity index is 1280. The molecule has 6 nitrogen and oxygen atoms in total. The van der Waals surface area contributed by atoms with Gasteiger partial charge < -0.3 is 14.4 Å². The van der Waals surface area contributed by atoms with Gasteiger partial charge >= 0.3 is 5.97 Å². The first kappa shape index (κ1) is 22.6. The summed E-state index contributed by atoms with van der Waals surface area (Å²) in [6.07, 6.45) is 5.75. The van der Waals surface area contributed by atoms with Crippen molar-refractivity contribution in [1.82, 2.24) is 14.5 Å². The zero-order valence-corrected chi connectivity index (χ0v) is 19.6. The van der Waals surface area contributed by atoms with E-state index in [1.807, 2.05) is 56.7 Å². The number of methoxy groups -OCH3 is 1. The number of hydrogen-bond acceptors (Lipinski definition) is 4. The van der Waals surface area contributed by atoms with E-state index in [1.54, 1.807) is 19.4 Å². The highest BCUT2D eigenvalue weighted by Crippen LogP contribution is 2.38. The molecule has 4 aromatic rings. The van der Waals surface area contributed by atoms with Gasteiger partial charge in [0.1, 0.15) is 5.75 Å². The molecule has 0 amide bonds. The molecule has 0 spiro atoms. The number of carboxylic acid groups (broad SMARTS) is 1. The Hall–Kier alpha value is -3.64. The molecule has 0 aliphatic carbocycles. The first-order chi connectivity index (χ1) is 15.8. The summed E-state index contributed by atoms with van der Waals surface area (Å²) in [5.74, 6) is 0.172. The summed E-state index contributed by atoms with van der Waals surface area (Å²) in [5, 5.41) is 10.7. The maximum atomic E-state index is 12.1. The first-order valence-corrected chi connectivity index (χ1v) is 10.9. The van der Waals surface area contributed by atoms with Gasteiger partial charge in [-0.3, -0.25) is 9.88 Å². The van der Waals surface area contributed by atoms with E-state index < -0.39 is 5.97 Å². The molecular weight excluding hydrogens is 414 g/mol. The molecule has 1 N–H and O–H groups in total. The standard InChI is InChI=1S/C27H29N3O3/c1-17(2)26(29(3)4)30-16-23(25-22(27(31)32)7-6-8-24(25)30)20-13-19(14-28-15-20)18-9-11-21(33-5)12-10-18/h6-17,26H,1-5H3,(H,31,32). The molecule has 6 heteroatoms. The second-order valence-corrected chi connectivity index (χ2v) is 8.77. The van der Waals surface area contributed by atoms with E-state index in [9.17, 15) is 9.90 Å². The Labute approximate surface area is 194 Å². The van der Waals surface area contributed by atoms with Crippen LogP contribution < -0.4 is 4.74 Å². The molecule has 170 valence electrons. The van der Waals surface area contributed by atoms with Crippen molar-refractivity contribution in [2.24, 2.45) is 5.92 Å². The van der Waals surface area contributed by atoms with E-state index in [1.165, 1.54) is 0 Å². The molecule has 0 fully saturated rings. The van der Waals surface area contributed by atoms with Crippen molar-refractivity contribution in [2.45, 2.75) is 20.0 Å². The monoisotopic (exact) mass is 443 g/mol. The minimum Gasteiger partial charge on any atom is -0.497 e. The normalized spacial score (nSPS) is 12.5. The van der Waals surface area contributed by atoms with Gasteiger partial charge in [-0.05, 0) is 55.9 Å². The summed E-state index contributed by atoms with van der Waals surface area (Å²) in [7, 11) is 5.73. The van der Waals surface area contributed by atoms with Crippen LogP contribution in [0.25, 0.3) is 33.2 Å². The molecule has 0 aliphatic rings. The second-order valence-electron chi connectivity index (χ2n) is 8.77. The Balaban J connectivity index is 1.94. The molecule has 0 bridgehead atoms. The molecule has 2 heterocycles. The minimum absolute atomic E-state index is 0.0722. The molecule has 0 saturated heterocycles. The number of fused-ring (bicyclic) bond motifs is 1. The summed E-state index contributed by atoms with van der Waals surface area (Å²) in [6.45, 7) is 4.34. The van der Waals surface area contributed by atoms with Crippen LogP contribution in [-0.2, 0) is 0 Å². The third-order valence-corrected chi connectivity index (χ3v) is 5.97. The van der Waals surface area contributed by atoms with Crippen LogP contribution in [0.4, 0.5) is 0 Å². The molecule has 2 aromatic carbocycles. The highest BCUT2D eigenvalue weighted by atomic mass is 16.5. The summed E-state index contributed by atoms with van der Waals surface area (Å²) in [6, 6.07) is 15.3. The molecule has 0 radical (unpaired) electrons. The quantitative estimate of drug-likeness (QED) is 0.391. The summed E-state index contributed by atoms with van der Waals surface area (Å²) >= 11 is 0. The van der Waals surface area contributed by atoms with E-state index in [4.69, 9.17) is 4.74 Å². The lowest BCUT2D eigenvalue weighted by molar-refractivity contribution is 0.0699. The van der Waals surface area contributed by atoms with Gasteiger partial charge in [-0.15, -0.1) is 0 Å². The topological polar surface area (TPSA) is 67.6 Å². The average molecular weight is 444 g/mol. The zero-order chi connectivity index (χ0) is 23.7. The predicted molar refractivity (Wildman–Crippen MR) is 132 cm³/mol. The Morgan fingerprint density at radius 2 is 1.73 bits per heavy atom. The Morgan fingerprint density at radius 1 is 1.03 bits per heavy atom. The van der Waals surface area contributed by atoms with E-state index in [2.05, 4.69) is 40.6 Å². The molecule has 33 heavy (non-hydrogen) atoms. The summed E-state index contributed by atoms with van der Waals surface area (Å²) in [5.41, 5.74) is 4.89. The highest BCUT2D eigenvalue weighted by Gasteiger charge is 2.24. The molecule has 4 rings (SSSR count). The number of pyridine rings is 1. The lowest BCUT2D eigenvalue weighted by Crippen LogP contribution is -2.29. The van der Waals surface area contributed by atoms with Crippen LogP contribution in [0, 0.1) is 5.92 Å². The van der Waals surface area contributed by atoms with Crippen molar-refractivity contribution in [3.05, 3.63) is 72.7 Å². The fourth-order valence-corrected chi connectivity index (χ4v) is 4.62. The van der Waals surface area contributed by atoms with Crippen molar-refractivity contribution in [2.75, 3.05) is 21.2 Å². The summed E-state index contributed by atoms with van der Waals surface area (Å²) in [4.78, 5) is 18.8. The van der Waals surface area contributed by atoms with Crippen molar-refractivity contribution in [3.8, 4) is 28.0 Å². The number of hydrogen-bond donors (Lipinski definition) is 1. The van der Waals surface area contributed by atoms with Crippen LogP contribution in [0.5, 0.6) is 5.75 Å². The van der Waals surface area contributed by atoms with Crippen LogP contribution >= 0.6 is 0 Å². The molecular formula is C27H29N3O3. The van der Waals surface area contributed by atoms with E-state index in [-0.39, 0.29) is 11.7 Å². The predicted octanol–water partition coefficient (Wildman–Crippen LogP) is 5.79. The van der Waals surface area contributed by atoms with Crippen molar-refractivity contribution < 1.29 is 14.6 Å². The number of nitrogens with zero attached hydrogens (tertiary/aromatic N) is 3. The SMILES string of the molecule is COc1ccc(-c2cncc(-c3cn(C(C(C)C)N(C)C)c4cccc(C(=O)O)c34)c2)cc1. The fourth-order valence-electron chi connectivity index (χ4n) is 4.62. The number of rotatable bonds is 7. The van der Waals surface area contributed by atoms with Crippen LogP contribution in [-0.4, -0.2) is 46.7 Å². The number of carboxylic acids is 1. The maximum Gasteiger partial charge on any atom is 0.336 e. The Morgan fingerprint density at radius 3 is 2.33 bits per heavy atom. The molecule has 0 saturated carbocycles. The van der Waals surface area contributed by atoms with Crippen LogP contribution in [0.2, 0.25) is 0 Å². The van der Waals surface area contributed by atoms with Gasteiger partial charge in [0.25, 0.3) is 0 Å². The first-order valence-electron chi connectivity index (χ1n) is 10.9. The van der Waals surface area contributed by atoms with Crippen LogP contribution in [0.15, 0.2) is 67.1 Å². The van der Waals surface area contributed by atoms with Gasteiger partial charge in [0.05, 0.1) is 24.4 Å². The van der Waals surface area contributed by atoms with E-state index in [0.717, 1.165) is 38.9 Å². The maximum absolute atomic E-state index is 12.1.